The molecule has 3 fully saturated rings. The average Bonchev–Trinajstić information content (AvgIpc) is 3.70. The van der Waals surface area contributed by atoms with Gasteiger partial charge in [-0.2, -0.15) is 5.10 Å². The van der Waals surface area contributed by atoms with Gasteiger partial charge in [0.2, 0.25) is 11.8 Å². The first-order valence-corrected chi connectivity index (χ1v) is 11.4. The number of primary amides is 1. The van der Waals surface area contributed by atoms with Gasteiger partial charge < -0.3 is 16.0 Å². The van der Waals surface area contributed by atoms with E-state index in [1.54, 1.807) is 17.0 Å². The summed E-state index contributed by atoms with van der Waals surface area (Å²) in [4.78, 5) is 40.0. The van der Waals surface area contributed by atoms with Crippen LogP contribution in [0.4, 0.5) is 0 Å². The van der Waals surface area contributed by atoms with Gasteiger partial charge in [-0.3, -0.25) is 19.1 Å². The Balaban J connectivity index is 1.18. The number of rotatable bonds is 6. The highest BCUT2D eigenvalue weighted by Crippen LogP contribution is 2.48. The highest BCUT2D eigenvalue weighted by Gasteiger charge is 2.56. The molecule has 8 nitrogen and oxygen atoms in total. The summed E-state index contributed by atoms with van der Waals surface area (Å²) >= 11 is 0. The minimum Gasteiger partial charge on any atom is -0.364 e. The molecule has 3 N–H and O–H groups in total. The molecule has 0 radical (unpaired) electrons. The number of nitrogens with zero attached hydrogens (tertiary/aromatic N) is 3. The molecule has 1 aromatic heterocycles. The quantitative estimate of drug-likeness (QED) is 0.605. The van der Waals surface area contributed by atoms with Gasteiger partial charge in [0.05, 0.1) is 5.52 Å². The number of nitrogens with one attached hydrogen (secondary N) is 1. The summed E-state index contributed by atoms with van der Waals surface area (Å²) in [7, 11) is 0. The van der Waals surface area contributed by atoms with E-state index in [9.17, 15) is 14.4 Å². The van der Waals surface area contributed by atoms with E-state index in [4.69, 9.17) is 5.73 Å². The number of aromatic nitrogens is 2. The topological polar surface area (TPSA) is 110 Å². The monoisotopic (exact) mass is 443 g/mol. The molecule has 33 heavy (non-hydrogen) atoms. The minimum absolute atomic E-state index is 0.0309. The average molecular weight is 444 g/mol. The molecule has 0 bridgehead atoms. The number of carbonyl (C=O) groups excluding carboxylic acids is 3. The van der Waals surface area contributed by atoms with Gasteiger partial charge in [-0.15, -0.1) is 0 Å². The van der Waals surface area contributed by atoms with Crippen molar-refractivity contribution in [2.24, 2.45) is 11.7 Å². The molecule has 168 valence electrons. The molecule has 2 saturated carbocycles. The summed E-state index contributed by atoms with van der Waals surface area (Å²) < 4.78 is 1.52. The molecule has 1 saturated heterocycles. The Kier molecular flexibility index (Phi) is 4.50. The van der Waals surface area contributed by atoms with E-state index in [1.165, 1.54) is 10.2 Å². The first-order chi connectivity index (χ1) is 16.0. The van der Waals surface area contributed by atoms with Crippen LogP contribution in [0.15, 0.2) is 54.6 Å². The Morgan fingerprint density at radius 3 is 2.55 bits per heavy atom. The zero-order valence-electron chi connectivity index (χ0n) is 18.1. The molecule has 2 heterocycles. The number of para-hydroxylation sites is 1. The third kappa shape index (κ3) is 3.46. The van der Waals surface area contributed by atoms with Crippen LogP contribution in [-0.4, -0.2) is 50.5 Å². The van der Waals surface area contributed by atoms with Crippen LogP contribution in [0, 0.1) is 5.92 Å². The van der Waals surface area contributed by atoms with Crippen molar-refractivity contribution in [3.8, 4) is 0 Å². The Labute approximate surface area is 190 Å². The van der Waals surface area contributed by atoms with Crippen molar-refractivity contribution in [2.45, 2.75) is 49.9 Å². The van der Waals surface area contributed by atoms with Crippen molar-refractivity contribution < 1.29 is 14.4 Å². The molecule has 1 aliphatic heterocycles. The van der Waals surface area contributed by atoms with Crippen LogP contribution in [0.2, 0.25) is 0 Å². The lowest BCUT2D eigenvalue weighted by Gasteiger charge is -2.27. The van der Waals surface area contributed by atoms with E-state index in [1.807, 2.05) is 30.3 Å². The zero-order chi connectivity index (χ0) is 22.7. The summed E-state index contributed by atoms with van der Waals surface area (Å²) in [5, 5.41) is 8.09. The second-order valence-electron chi connectivity index (χ2n) is 9.37. The molecule has 0 spiro atoms. The van der Waals surface area contributed by atoms with Gasteiger partial charge >= 0.3 is 0 Å². The fraction of sp³-hybridized carbons (Fsp3) is 0.360. The van der Waals surface area contributed by atoms with Gasteiger partial charge in [0.1, 0.15) is 12.6 Å². The Morgan fingerprint density at radius 2 is 1.76 bits per heavy atom. The van der Waals surface area contributed by atoms with Crippen molar-refractivity contribution in [3.63, 3.8) is 0 Å². The van der Waals surface area contributed by atoms with Gasteiger partial charge in [0, 0.05) is 23.4 Å². The SMILES string of the molecule is NC(=O)c1nn(CC(=O)N2[C@@H]3C[C@@H]3C[C@H]2C(=O)NC2CC2c2ccccc2)c2ccccc12. The number of amides is 3. The van der Waals surface area contributed by atoms with Gasteiger partial charge in [-0.1, -0.05) is 48.5 Å². The second-order valence-corrected chi connectivity index (χ2v) is 9.37. The normalized spacial score (nSPS) is 27.3. The summed E-state index contributed by atoms with van der Waals surface area (Å²) in [6.45, 7) is -0.0309. The number of carbonyl (C=O) groups is 3. The minimum atomic E-state index is -0.629. The van der Waals surface area contributed by atoms with E-state index >= 15 is 0 Å². The maximum absolute atomic E-state index is 13.3. The van der Waals surface area contributed by atoms with Crippen LogP contribution >= 0.6 is 0 Å². The summed E-state index contributed by atoms with van der Waals surface area (Å²) in [6.07, 6.45) is 2.58. The number of fused-ring (bicyclic) bond motifs is 2. The standard InChI is InChI=1S/C25H25N5O3/c26-24(32)23-16-8-4-5-9-19(16)29(28-23)13-22(31)30-20-10-15(20)11-21(30)25(33)27-18-12-17(18)14-6-2-1-3-7-14/h1-9,15,17-18,20-21H,10-13H2,(H2,26,32)(H,27,33)/t15-,17?,18?,20-,21+/m1/s1. The predicted molar refractivity (Wildman–Crippen MR) is 121 cm³/mol. The van der Waals surface area contributed by atoms with Crippen molar-refractivity contribution in [1.29, 1.82) is 0 Å². The van der Waals surface area contributed by atoms with E-state index in [0.717, 1.165) is 12.8 Å². The second kappa shape index (κ2) is 7.43. The molecule has 3 aromatic rings. The Morgan fingerprint density at radius 1 is 1.00 bits per heavy atom. The summed E-state index contributed by atoms with van der Waals surface area (Å²) in [6, 6.07) is 17.2. The number of hydrogen-bond acceptors (Lipinski definition) is 4. The molecule has 6 rings (SSSR count). The van der Waals surface area contributed by atoms with E-state index in [2.05, 4.69) is 22.5 Å². The lowest BCUT2D eigenvalue weighted by molar-refractivity contribution is -0.140. The maximum Gasteiger partial charge on any atom is 0.269 e. The summed E-state index contributed by atoms with van der Waals surface area (Å²) in [5.74, 6) is -0.111. The molecule has 2 unspecified atom stereocenters. The van der Waals surface area contributed by atoms with Crippen molar-refractivity contribution in [3.05, 3.63) is 65.9 Å². The molecule has 2 aliphatic carbocycles. The van der Waals surface area contributed by atoms with Crippen molar-refractivity contribution in [1.82, 2.24) is 20.0 Å². The van der Waals surface area contributed by atoms with E-state index in [0.29, 0.717) is 29.2 Å². The molecule has 2 aromatic carbocycles. The molecular formula is C25H25N5O3. The summed E-state index contributed by atoms with van der Waals surface area (Å²) in [5.41, 5.74) is 7.54. The lowest BCUT2D eigenvalue weighted by atomic mass is 10.1. The number of likely N-dealkylation sites (tertiary alicyclic amines) is 1. The fourth-order valence-corrected chi connectivity index (χ4v) is 5.39. The Bertz CT molecular complexity index is 1270. The zero-order valence-corrected chi connectivity index (χ0v) is 18.1. The first-order valence-electron chi connectivity index (χ1n) is 11.4. The highest BCUT2D eigenvalue weighted by atomic mass is 16.2. The fourth-order valence-electron chi connectivity index (χ4n) is 5.39. The number of piperidine rings is 1. The number of benzene rings is 2. The van der Waals surface area contributed by atoms with Crippen molar-refractivity contribution in [2.75, 3.05) is 0 Å². The smallest absolute Gasteiger partial charge is 0.269 e. The van der Waals surface area contributed by atoms with Crippen LogP contribution in [0.25, 0.3) is 10.9 Å². The van der Waals surface area contributed by atoms with Crippen LogP contribution in [-0.2, 0) is 16.1 Å². The number of nitrogens with two attached hydrogens (primary N) is 1. The molecule has 5 atom stereocenters. The molecule has 3 amide bonds. The van der Waals surface area contributed by atoms with Gasteiger partial charge in [0.25, 0.3) is 5.91 Å². The first kappa shape index (κ1) is 20.0. The van der Waals surface area contributed by atoms with Gasteiger partial charge in [-0.05, 0) is 36.8 Å². The predicted octanol–water partition coefficient (Wildman–Crippen LogP) is 1.80. The molecular weight excluding hydrogens is 418 g/mol. The van der Waals surface area contributed by atoms with Crippen LogP contribution in [0.5, 0.6) is 0 Å². The van der Waals surface area contributed by atoms with Crippen molar-refractivity contribution >= 4 is 28.6 Å². The third-order valence-corrected chi connectivity index (χ3v) is 7.22. The van der Waals surface area contributed by atoms with Gasteiger partial charge in [-0.25, -0.2) is 0 Å². The van der Waals surface area contributed by atoms with Gasteiger partial charge in [0.15, 0.2) is 5.69 Å². The number of hydrogen-bond donors (Lipinski definition) is 2. The third-order valence-electron chi connectivity index (χ3n) is 7.22. The van der Waals surface area contributed by atoms with Crippen LogP contribution in [0.3, 0.4) is 0 Å². The van der Waals surface area contributed by atoms with Crippen LogP contribution in [0.1, 0.15) is 41.2 Å². The van der Waals surface area contributed by atoms with E-state index < -0.39 is 11.9 Å². The largest absolute Gasteiger partial charge is 0.364 e. The highest BCUT2D eigenvalue weighted by molar-refractivity contribution is 6.04. The molecule has 3 aliphatic rings. The molecule has 8 heteroatoms. The lowest BCUT2D eigenvalue weighted by Crippen LogP contribution is -2.49. The van der Waals surface area contributed by atoms with E-state index in [-0.39, 0.29) is 36.1 Å². The van der Waals surface area contributed by atoms with Crippen LogP contribution < -0.4 is 11.1 Å². The Hall–Kier alpha value is -3.68. The maximum atomic E-state index is 13.3.